The molecule has 1 heteroatoms. The summed E-state index contributed by atoms with van der Waals surface area (Å²) in [6.45, 7) is 0. The van der Waals surface area contributed by atoms with Crippen molar-refractivity contribution in [3.63, 3.8) is 0 Å². The highest BCUT2D eigenvalue weighted by Gasteiger charge is 2.21. The fourth-order valence-electron chi connectivity index (χ4n) is 4.37. The van der Waals surface area contributed by atoms with E-state index in [1.165, 1.54) is 32.7 Å². The molecule has 0 radical (unpaired) electrons. The van der Waals surface area contributed by atoms with Gasteiger partial charge in [0.05, 0.1) is 0 Å². The fraction of sp³-hybridized carbons (Fsp3) is 0. The summed E-state index contributed by atoms with van der Waals surface area (Å²) in [6, 6.07) is 38.3. The van der Waals surface area contributed by atoms with Gasteiger partial charge >= 0.3 is 0 Å². The lowest BCUT2D eigenvalue weighted by Crippen LogP contribution is -1.87. The third-order valence-corrected chi connectivity index (χ3v) is 5.65. The molecule has 1 nitrogen and oxygen atoms in total. The molecule has 0 saturated carbocycles. The number of hydrogen-bond donors (Lipinski definition) is 0. The predicted octanol–water partition coefficient (Wildman–Crippen LogP) is 8.07. The number of furan rings is 1. The van der Waals surface area contributed by atoms with Gasteiger partial charge in [0.1, 0.15) is 11.3 Å². The molecule has 29 heavy (non-hydrogen) atoms. The van der Waals surface area contributed by atoms with Crippen LogP contribution in [0, 0.1) is 0 Å². The molecule has 0 aliphatic carbocycles. The third kappa shape index (κ3) is 2.48. The topological polar surface area (TPSA) is 13.1 Å². The summed E-state index contributed by atoms with van der Waals surface area (Å²) in [5.74, 6) is 0.924. The molecule has 0 fully saturated rings. The minimum absolute atomic E-state index is 0.915. The van der Waals surface area contributed by atoms with E-state index in [1.807, 2.05) is 12.1 Å². The third-order valence-electron chi connectivity index (χ3n) is 5.65. The molecule has 0 spiro atoms. The Morgan fingerprint density at radius 3 is 1.69 bits per heavy atom. The van der Waals surface area contributed by atoms with Crippen LogP contribution in [0.3, 0.4) is 0 Å². The second kappa shape index (κ2) is 6.35. The first-order valence-corrected chi connectivity index (χ1v) is 9.88. The highest BCUT2D eigenvalue weighted by atomic mass is 16.3. The molecule has 1 heterocycles. The largest absolute Gasteiger partial charge is 0.455 e. The standard InChI is InChI=1S/C28H18O/c1-2-10-19(11-3-1)28-27(24-16-8-9-17-25(24)29-28)26-22-14-6-4-12-20(22)18-21-13-5-7-15-23(21)26/h1-18H. The molecule has 6 aromatic rings. The van der Waals surface area contributed by atoms with Gasteiger partial charge in [0.25, 0.3) is 0 Å². The first-order chi connectivity index (χ1) is 14.4. The molecule has 0 aliphatic heterocycles. The van der Waals surface area contributed by atoms with Gasteiger partial charge in [-0.05, 0) is 33.7 Å². The summed E-state index contributed by atoms with van der Waals surface area (Å²) in [4.78, 5) is 0. The lowest BCUT2D eigenvalue weighted by Gasteiger charge is -2.13. The van der Waals surface area contributed by atoms with Gasteiger partial charge in [-0.25, -0.2) is 0 Å². The summed E-state index contributed by atoms with van der Waals surface area (Å²) in [7, 11) is 0. The van der Waals surface area contributed by atoms with Crippen molar-refractivity contribution in [3.8, 4) is 22.5 Å². The maximum atomic E-state index is 6.44. The monoisotopic (exact) mass is 370 g/mol. The van der Waals surface area contributed by atoms with Crippen LogP contribution in [-0.2, 0) is 0 Å². The van der Waals surface area contributed by atoms with Crippen LogP contribution >= 0.6 is 0 Å². The zero-order valence-corrected chi connectivity index (χ0v) is 15.8. The van der Waals surface area contributed by atoms with Gasteiger partial charge in [-0.15, -0.1) is 0 Å². The van der Waals surface area contributed by atoms with Gasteiger partial charge in [-0.2, -0.15) is 0 Å². The smallest absolute Gasteiger partial charge is 0.143 e. The molecule has 5 aromatic carbocycles. The molecular formula is C28H18O. The molecule has 0 bridgehead atoms. The molecule has 0 N–H and O–H groups in total. The van der Waals surface area contributed by atoms with Crippen molar-refractivity contribution in [1.82, 2.24) is 0 Å². The van der Waals surface area contributed by atoms with Crippen LogP contribution in [0.4, 0.5) is 0 Å². The van der Waals surface area contributed by atoms with Crippen LogP contribution in [0.2, 0.25) is 0 Å². The number of hydrogen-bond acceptors (Lipinski definition) is 1. The van der Waals surface area contributed by atoms with Crippen LogP contribution in [0.25, 0.3) is 55.0 Å². The SMILES string of the molecule is c1ccc(-c2oc3ccccc3c2-c2c3ccccc3cc3ccccc23)cc1. The zero-order valence-electron chi connectivity index (χ0n) is 15.8. The van der Waals surface area contributed by atoms with E-state index in [0.29, 0.717) is 0 Å². The van der Waals surface area contributed by atoms with Crippen molar-refractivity contribution in [2.24, 2.45) is 0 Å². The molecule has 0 unspecified atom stereocenters. The molecule has 136 valence electrons. The molecular weight excluding hydrogens is 352 g/mol. The fourth-order valence-corrected chi connectivity index (χ4v) is 4.37. The van der Waals surface area contributed by atoms with Crippen LogP contribution in [-0.4, -0.2) is 0 Å². The summed E-state index contributed by atoms with van der Waals surface area (Å²) in [6.07, 6.45) is 0. The highest BCUT2D eigenvalue weighted by Crippen LogP contribution is 2.46. The first-order valence-electron chi connectivity index (χ1n) is 9.88. The van der Waals surface area contributed by atoms with Gasteiger partial charge in [-0.1, -0.05) is 97.1 Å². The lowest BCUT2D eigenvalue weighted by atomic mass is 9.89. The average molecular weight is 370 g/mol. The van der Waals surface area contributed by atoms with Crippen molar-refractivity contribution in [1.29, 1.82) is 0 Å². The summed E-state index contributed by atoms with van der Waals surface area (Å²) < 4.78 is 6.44. The Hall–Kier alpha value is -3.84. The van der Waals surface area contributed by atoms with E-state index >= 15 is 0 Å². The van der Waals surface area contributed by atoms with Crippen molar-refractivity contribution in [2.45, 2.75) is 0 Å². The Morgan fingerprint density at radius 1 is 0.448 bits per heavy atom. The molecule has 0 saturated heterocycles. The lowest BCUT2D eigenvalue weighted by molar-refractivity contribution is 0.632. The summed E-state index contributed by atoms with van der Waals surface area (Å²) in [5.41, 5.74) is 4.41. The second-order valence-electron chi connectivity index (χ2n) is 7.36. The van der Waals surface area contributed by atoms with Crippen molar-refractivity contribution in [2.75, 3.05) is 0 Å². The van der Waals surface area contributed by atoms with Crippen LogP contribution < -0.4 is 0 Å². The molecule has 0 aliphatic rings. The van der Waals surface area contributed by atoms with Crippen molar-refractivity contribution in [3.05, 3.63) is 109 Å². The molecule has 6 rings (SSSR count). The number of fused-ring (bicyclic) bond motifs is 3. The molecule has 0 atom stereocenters. The summed E-state index contributed by atoms with van der Waals surface area (Å²) in [5, 5.41) is 6.12. The average Bonchev–Trinajstić information content (AvgIpc) is 3.17. The van der Waals surface area contributed by atoms with E-state index in [4.69, 9.17) is 4.42 Å². The van der Waals surface area contributed by atoms with E-state index in [2.05, 4.69) is 97.1 Å². The van der Waals surface area contributed by atoms with Gasteiger partial charge in [0, 0.05) is 22.1 Å². The van der Waals surface area contributed by atoms with Gasteiger partial charge < -0.3 is 4.42 Å². The van der Waals surface area contributed by atoms with E-state index < -0.39 is 0 Å². The Bertz CT molecular complexity index is 1440. The quantitative estimate of drug-likeness (QED) is 0.281. The number of rotatable bonds is 2. The van der Waals surface area contributed by atoms with Crippen LogP contribution in [0.1, 0.15) is 0 Å². The van der Waals surface area contributed by atoms with Gasteiger partial charge in [0.2, 0.25) is 0 Å². The van der Waals surface area contributed by atoms with Crippen LogP contribution in [0.5, 0.6) is 0 Å². The Balaban J connectivity index is 1.85. The predicted molar refractivity (Wildman–Crippen MR) is 122 cm³/mol. The minimum Gasteiger partial charge on any atom is -0.455 e. The maximum absolute atomic E-state index is 6.44. The van der Waals surface area contributed by atoms with E-state index in [9.17, 15) is 0 Å². The Morgan fingerprint density at radius 2 is 1.00 bits per heavy atom. The van der Waals surface area contributed by atoms with Crippen molar-refractivity contribution < 1.29 is 4.42 Å². The first kappa shape index (κ1) is 16.1. The Kier molecular flexibility index (Phi) is 3.54. The zero-order chi connectivity index (χ0) is 19.2. The van der Waals surface area contributed by atoms with Crippen LogP contribution in [0.15, 0.2) is 114 Å². The van der Waals surface area contributed by atoms with E-state index in [-0.39, 0.29) is 0 Å². The highest BCUT2D eigenvalue weighted by molar-refractivity contribution is 6.18. The summed E-state index contributed by atoms with van der Waals surface area (Å²) >= 11 is 0. The maximum Gasteiger partial charge on any atom is 0.143 e. The molecule has 1 aromatic heterocycles. The minimum atomic E-state index is 0.915. The Labute approximate surface area is 168 Å². The number of benzene rings is 5. The van der Waals surface area contributed by atoms with Crippen molar-refractivity contribution >= 4 is 32.5 Å². The van der Waals surface area contributed by atoms with E-state index in [0.717, 1.165) is 22.3 Å². The second-order valence-corrected chi connectivity index (χ2v) is 7.36. The molecule has 0 amide bonds. The van der Waals surface area contributed by atoms with Gasteiger partial charge in [-0.3, -0.25) is 0 Å². The number of para-hydroxylation sites is 1. The van der Waals surface area contributed by atoms with E-state index in [1.54, 1.807) is 0 Å². The van der Waals surface area contributed by atoms with Gasteiger partial charge in [0.15, 0.2) is 0 Å². The normalized spacial score (nSPS) is 11.4.